The van der Waals surface area contributed by atoms with Crippen LogP contribution in [0, 0.1) is 0 Å². The summed E-state index contributed by atoms with van der Waals surface area (Å²) in [5.74, 6) is 1.81. The molecule has 1 aromatic heterocycles. The van der Waals surface area contributed by atoms with Crippen LogP contribution < -0.4 is 15.0 Å². The number of piperidine rings is 1. The van der Waals surface area contributed by atoms with Gasteiger partial charge in [0.15, 0.2) is 0 Å². The van der Waals surface area contributed by atoms with Crippen LogP contribution in [0.25, 0.3) is 0 Å². The summed E-state index contributed by atoms with van der Waals surface area (Å²) in [6.07, 6.45) is 4.24. The summed E-state index contributed by atoms with van der Waals surface area (Å²) in [4.78, 5) is 19.0. The maximum Gasteiger partial charge on any atom is 0.224 e. The zero-order valence-corrected chi connectivity index (χ0v) is 13.9. The maximum absolute atomic E-state index is 12.3. The van der Waals surface area contributed by atoms with Gasteiger partial charge < -0.3 is 15.0 Å². The van der Waals surface area contributed by atoms with Crippen LogP contribution in [0.1, 0.15) is 18.4 Å². The van der Waals surface area contributed by atoms with E-state index in [1.165, 1.54) is 0 Å². The Bertz CT molecular complexity index is 675. The minimum absolute atomic E-state index is 0.0520. The zero-order chi connectivity index (χ0) is 16.8. The molecule has 5 nitrogen and oxygen atoms in total. The quantitative estimate of drug-likeness (QED) is 0.917. The zero-order valence-electron chi connectivity index (χ0n) is 13.9. The normalized spacial score (nSPS) is 17.4. The number of carbonyl (C=O) groups excluding carboxylic acids is 1. The lowest BCUT2D eigenvalue weighted by molar-refractivity contribution is -0.121. The fourth-order valence-corrected chi connectivity index (χ4v) is 3.09. The molecule has 24 heavy (non-hydrogen) atoms. The molecule has 1 atom stereocenters. The van der Waals surface area contributed by atoms with E-state index >= 15 is 0 Å². The first-order chi connectivity index (χ1) is 11.7. The van der Waals surface area contributed by atoms with Gasteiger partial charge in [0.05, 0.1) is 13.5 Å². The summed E-state index contributed by atoms with van der Waals surface area (Å²) in [6.45, 7) is 1.79. The number of pyridine rings is 1. The summed E-state index contributed by atoms with van der Waals surface area (Å²) in [7, 11) is 1.63. The van der Waals surface area contributed by atoms with Gasteiger partial charge in [0.25, 0.3) is 0 Å². The molecule has 1 fully saturated rings. The van der Waals surface area contributed by atoms with Crippen LogP contribution in [-0.4, -0.2) is 37.1 Å². The Labute approximate surface area is 142 Å². The Morgan fingerprint density at radius 2 is 2.25 bits per heavy atom. The number of hydrogen-bond acceptors (Lipinski definition) is 4. The fraction of sp³-hybridized carbons (Fsp3) is 0.368. The third kappa shape index (κ3) is 4.25. The molecule has 1 aliphatic rings. The SMILES string of the molecule is COc1cccc(CC(=O)N[C@@H]2CCCN(c3ccccn3)C2)c1. The van der Waals surface area contributed by atoms with Crippen molar-refractivity contribution in [2.75, 3.05) is 25.1 Å². The standard InChI is InChI=1S/C19H23N3O2/c1-24-17-8-4-6-15(12-17)13-19(23)21-16-7-5-11-22(14-16)18-9-2-3-10-20-18/h2-4,6,8-10,12,16H,5,7,11,13-14H2,1H3,(H,21,23)/t16-/m1/s1. The number of amides is 1. The molecule has 0 saturated carbocycles. The minimum atomic E-state index is 0.0520. The van der Waals surface area contributed by atoms with E-state index < -0.39 is 0 Å². The first kappa shape index (κ1) is 16.3. The third-order valence-electron chi connectivity index (χ3n) is 4.26. The Balaban J connectivity index is 1.56. The molecule has 0 unspecified atom stereocenters. The van der Waals surface area contributed by atoms with E-state index in [9.17, 15) is 4.79 Å². The lowest BCUT2D eigenvalue weighted by Gasteiger charge is -2.34. The van der Waals surface area contributed by atoms with Gasteiger partial charge in [0, 0.05) is 25.3 Å². The smallest absolute Gasteiger partial charge is 0.224 e. The predicted octanol–water partition coefficient (Wildman–Crippen LogP) is 2.42. The predicted molar refractivity (Wildman–Crippen MR) is 94.3 cm³/mol. The van der Waals surface area contributed by atoms with E-state index in [-0.39, 0.29) is 11.9 Å². The number of nitrogens with zero attached hydrogens (tertiary/aromatic N) is 2. The number of ether oxygens (including phenoxy) is 1. The average Bonchev–Trinajstić information content (AvgIpc) is 2.63. The van der Waals surface area contributed by atoms with Gasteiger partial charge >= 0.3 is 0 Å². The Hall–Kier alpha value is -2.56. The second kappa shape index (κ2) is 7.81. The van der Waals surface area contributed by atoms with Gasteiger partial charge in [-0.25, -0.2) is 4.98 Å². The summed E-state index contributed by atoms with van der Waals surface area (Å²) in [6, 6.07) is 13.7. The monoisotopic (exact) mass is 325 g/mol. The molecule has 126 valence electrons. The molecule has 0 radical (unpaired) electrons. The lowest BCUT2D eigenvalue weighted by Crippen LogP contribution is -2.48. The highest BCUT2D eigenvalue weighted by Gasteiger charge is 2.22. The summed E-state index contributed by atoms with van der Waals surface area (Å²) >= 11 is 0. The van der Waals surface area contributed by atoms with E-state index in [0.717, 1.165) is 43.1 Å². The molecule has 1 aromatic carbocycles. The first-order valence-electron chi connectivity index (χ1n) is 8.33. The van der Waals surface area contributed by atoms with Crippen molar-refractivity contribution in [3.63, 3.8) is 0 Å². The highest BCUT2D eigenvalue weighted by Crippen LogP contribution is 2.18. The number of benzene rings is 1. The number of rotatable bonds is 5. The van der Waals surface area contributed by atoms with Crippen LogP contribution in [0.4, 0.5) is 5.82 Å². The molecular formula is C19H23N3O2. The number of nitrogens with one attached hydrogen (secondary N) is 1. The molecule has 0 bridgehead atoms. The molecule has 3 rings (SSSR count). The lowest BCUT2D eigenvalue weighted by atomic mass is 10.0. The van der Waals surface area contributed by atoms with Crippen LogP contribution in [0.2, 0.25) is 0 Å². The third-order valence-corrected chi connectivity index (χ3v) is 4.26. The van der Waals surface area contributed by atoms with Crippen LogP contribution in [-0.2, 0) is 11.2 Å². The molecular weight excluding hydrogens is 302 g/mol. The second-order valence-corrected chi connectivity index (χ2v) is 6.07. The van der Waals surface area contributed by atoms with E-state index in [1.807, 2.05) is 42.5 Å². The Kier molecular flexibility index (Phi) is 5.31. The van der Waals surface area contributed by atoms with Crippen molar-refractivity contribution in [3.05, 3.63) is 54.2 Å². The maximum atomic E-state index is 12.3. The molecule has 2 heterocycles. The van der Waals surface area contributed by atoms with E-state index in [1.54, 1.807) is 13.3 Å². The highest BCUT2D eigenvalue weighted by atomic mass is 16.5. The van der Waals surface area contributed by atoms with Crippen LogP contribution in [0.3, 0.4) is 0 Å². The van der Waals surface area contributed by atoms with E-state index in [2.05, 4.69) is 15.2 Å². The summed E-state index contributed by atoms with van der Waals surface area (Å²) < 4.78 is 5.20. The van der Waals surface area contributed by atoms with Crippen LogP contribution >= 0.6 is 0 Å². The van der Waals surface area contributed by atoms with Crippen molar-refractivity contribution in [1.82, 2.24) is 10.3 Å². The Morgan fingerprint density at radius 3 is 3.04 bits per heavy atom. The highest BCUT2D eigenvalue weighted by molar-refractivity contribution is 5.79. The molecule has 0 aliphatic carbocycles. The van der Waals surface area contributed by atoms with Gasteiger partial charge in [0.2, 0.25) is 5.91 Å². The van der Waals surface area contributed by atoms with Crippen molar-refractivity contribution in [3.8, 4) is 5.75 Å². The average molecular weight is 325 g/mol. The van der Waals surface area contributed by atoms with E-state index in [4.69, 9.17) is 4.74 Å². The number of carbonyl (C=O) groups is 1. The van der Waals surface area contributed by atoms with Crippen molar-refractivity contribution < 1.29 is 9.53 Å². The molecule has 0 spiro atoms. The van der Waals surface area contributed by atoms with Gasteiger partial charge in [-0.1, -0.05) is 18.2 Å². The first-order valence-corrected chi connectivity index (χ1v) is 8.33. The second-order valence-electron chi connectivity index (χ2n) is 6.07. The largest absolute Gasteiger partial charge is 0.497 e. The van der Waals surface area contributed by atoms with Crippen LogP contribution in [0.5, 0.6) is 5.75 Å². The molecule has 1 aliphatic heterocycles. The molecule has 1 saturated heterocycles. The molecule has 5 heteroatoms. The van der Waals surface area contributed by atoms with Crippen LogP contribution in [0.15, 0.2) is 48.7 Å². The van der Waals surface area contributed by atoms with Gasteiger partial charge in [-0.2, -0.15) is 0 Å². The van der Waals surface area contributed by atoms with Crippen molar-refractivity contribution >= 4 is 11.7 Å². The number of anilines is 1. The number of hydrogen-bond donors (Lipinski definition) is 1. The van der Waals surface area contributed by atoms with Crippen molar-refractivity contribution in [2.45, 2.75) is 25.3 Å². The van der Waals surface area contributed by atoms with Gasteiger partial charge in [-0.05, 0) is 42.7 Å². The van der Waals surface area contributed by atoms with Gasteiger partial charge in [-0.15, -0.1) is 0 Å². The number of aromatic nitrogens is 1. The topological polar surface area (TPSA) is 54.5 Å². The molecule has 1 amide bonds. The summed E-state index contributed by atoms with van der Waals surface area (Å²) in [5, 5.41) is 3.16. The molecule has 2 aromatic rings. The van der Waals surface area contributed by atoms with Crippen molar-refractivity contribution in [1.29, 1.82) is 0 Å². The molecule has 1 N–H and O–H groups in total. The van der Waals surface area contributed by atoms with Gasteiger partial charge in [-0.3, -0.25) is 4.79 Å². The minimum Gasteiger partial charge on any atom is -0.497 e. The fourth-order valence-electron chi connectivity index (χ4n) is 3.09. The van der Waals surface area contributed by atoms with Gasteiger partial charge in [0.1, 0.15) is 11.6 Å². The number of methoxy groups -OCH3 is 1. The van der Waals surface area contributed by atoms with Crippen molar-refractivity contribution in [2.24, 2.45) is 0 Å². The van der Waals surface area contributed by atoms with E-state index in [0.29, 0.717) is 6.42 Å². The summed E-state index contributed by atoms with van der Waals surface area (Å²) in [5.41, 5.74) is 0.962. The Morgan fingerprint density at radius 1 is 1.33 bits per heavy atom.